The average Bonchev–Trinajstić information content (AvgIpc) is 2.25. The first kappa shape index (κ1) is 17.5. The van der Waals surface area contributed by atoms with Gasteiger partial charge < -0.3 is 15.5 Å². The molecule has 0 aromatic rings. The summed E-state index contributed by atoms with van der Waals surface area (Å²) in [4.78, 5) is 10.6. The Morgan fingerprint density at radius 2 is 1.78 bits per heavy atom. The third kappa shape index (κ3) is 7.05. The Balaban J connectivity index is 4.35. The Morgan fingerprint density at radius 1 is 1.28 bits per heavy atom. The van der Waals surface area contributed by atoms with E-state index in [4.69, 9.17) is 9.05 Å². The normalized spacial score (nSPS) is 15.2. The van der Waals surface area contributed by atoms with Crippen LogP contribution in [0.4, 0.5) is 0 Å². The van der Waals surface area contributed by atoms with Crippen LogP contribution >= 0.6 is 7.82 Å². The van der Waals surface area contributed by atoms with Gasteiger partial charge in [0.1, 0.15) is 6.10 Å². The molecular weight excluding hydrogens is 265 g/mol. The maximum atomic E-state index is 11.8. The van der Waals surface area contributed by atoms with Gasteiger partial charge in [-0.3, -0.25) is 18.4 Å². The molecule has 0 fully saturated rings. The molecule has 108 valence electrons. The smallest absolute Gasteiger partial charge is 0.386 e. The lowest BCUT2D eigenvalue weighted by Gasteiger charge is -2.23. The van der Waals surface area contributed by atoms with Crippen molar-refractivity contribution in [3.05, 3.63) is 0 Å². The van der Waals surface area contributed by atoms with E-state index in [1.165, 1.54) is 6.92 Å². The number of nitrogens with one attached hydrogen (secondary N) is 1. The van der Waals surface area contributed by atoms with Gasteiger partial charge in [-0.2, -0.15) is 0 Å². The van der Waals surface area contributed by atoms with Gasteiger partial charge in [0.05, 0.1) is 13.2 Å². The number of phosphoric ester groups is 1. The van der Waals surface area contributed by atoms with Crippen LogP contribution in [0.25, 0.3) is 0 Å². The van der Waals surface area contributed by atoms with Gasteiger partial charge in [-0.15, -0.1) is 0 Å². The van der Waals surface area contributed by atoms with Crippen LogP contribution in [0.1, 0.15) is 20.8 Å². The first-order chi connectivity index (χ1) is 8.34. The Bertz CT molecular complexity index is 289. The molecule has 0 rings (SSSR count). The van der Waals surface area contributed by atoms with Crippen molar-refractivity contribution in [1.29, 1.82) is 0 Å². The zero-order valence-electron chi connectivity index (χ0n) is 10.7. The molecule has 9 heteroatoms. The molecule has 0 aliphatic rings. The minimum Gasteiger partial charge on any atom is -0.386 e. The van der Waals surface area contributed by atoms with Gasteiger partial charge in [-0.1, -0.05) is 0 Å². The fourth-order valence-corrected chi connectivity index (χ4v) is 2.20. The fraction of sp³-hybridized carbons (Fsp3) is 0.889. The topological polar surface area (TPSA) is 114 Å². The maximum absolute atomic E-state index is 11.8. The standard InChI is InChI=1S/C9H20NO7P/c1-4-15-18(14,16-5-2)17-9(13)8(12)6-10-7(3)11/h8-9,12-13H,4-6H2,1-3H3,(H,10,11)/t8-,9-/m1/s1. The van der Waals surface area contributed by atoms with Gasteiger partial charge >= 0.3 is 7.82 Å². The molecule has 0 saturated carbocycles. The van der Waals surface area contributed by atoms with E-state index in [1.54, 1.807) is 13.8 Å². The fourth-order valence-electron chi connectivity index (χ4n) is 0.966. The summed E-state index contributed by atoms with van der Waals surface area (Å²) in [6, 6.07) is 0. The van der Waals surface area contributed by atoms with Crippen molar-refractivity contribution in [2.24, 2.45) is 0 Å². The average molecular weight is 285 g/mol. The van der Waals surface area contributed by atoms with Crippen molar-refractivity contribution in [1.82, 2.24) is 5.32 Å². The van der Waals surface area contributed by atoms with Gasteiger partial charge in [0, 0.05) is 13.5 Å². The van der Waals surface area contributed by atoms with Crippen LogP contribution in [-0.4, -0.2) is 48.3 Å². The van der Waals surface area contributed by atoms with Gasteiger partial charge in [-0.05, 0) is 13.8 Å². The second-order valence-electron chi connectivity index (χ2n) is 3.28. The molecule has 0 radical (unpaired) electrons. The summed E-state index contributed by atoms with van der Waals surface area (Å²) in [5.41, 5.74) is 0. The van der Waals surface area contributed by atoms with Crippen LogP contribution in [0, 0.1) is 0 Å². The Morgan fingerprint density at radius 3 is 2.17 bits per heavy atom. The third-order valence-corrected chi connectivity index (χ3v) is 3.32. The number of hydrogen-bond acceptors (Lipinski definition) is 7. The molecule has 0 heterocycles. The molecule has 0 saturated heterocycles. The van der Waals surface area contributed by atoms with Gasteiger partial charge in [0.2, 0.25) is 5.91 Å². The van der Waals surface area contributed by atoms with Crippen LogP contribution in [0.3, 0.4) is 0 Å². The highest BCUT2D eigenvalue weighted by molar-refractivity contribution is 7.48. The van der Waals surface area contributed by atoms with Crippen LogP contribution in [0.15, 0.2) is 0 Å². The van der Waals surface area contributed by atoms with Crippen molar-refractivity contribution < 1.29 is 33.1 Å². The highest BCUT2D eigenvalue weighted by Crippen LogP contribution is 2.50. The summed E-state index contributed by atoms with van der Waals surface area (Å²) < 4.78 is 26.1. The minimum atomic E-state index is -3.90. The van der Waals surface area contributed by atoms with Crippen molar-refractivity contribution in [2.75, 3.05) is 19.8 Å². The summed E-state index contributed by atoms with van der Waals surface area (Å²) >= 11 is 0. The lowest BCUT2D eigenvalue weighted by atomic mass is 10.3. The number of carbonyl (C=O) groups excluding carboxylic acids is 1. The maximum Gasteiger partial charge on any atom is 0.477 e. The number of phosphoric acid groups is 1. The van der Waals surface area contributed by atoms with Crippen molar-refractivity contribution in [3.63, 3.8) is 0 Å². The summed E-state index contributed by atoms with van der Waals surface area (Å²) in [5.74, 6) is -0.376. The van der Waals surface area contributed by atoms with E-state index in [0.717, 1.165) is 0 Å². The summed E-state index contributed by atoms with van der Waals surface area (Å²) in [5, 5.41) is 21.2. The number of aliphatic hydroxyl groups excluding tert-OH is 2. The molecule has 18 heavy (non-hydrogen) atoms. The first-order valence-electron chi connectivity index (χ1n) is 5.52. The van der Waals surface area contributed by atoms with Gasteiger partial charge in [-0.25, -0.2) is 4.57 Å². The lowest BCUT2D eigenvalue weighted by Crippen LogP contribution is -2.39. The largest absolute Gasteiger partial charge is 0.477 e. The van der Waals surface area contributed by atoms with Gasteiger partial charge in [0.15, 0.2) is 6.29 Å². The molecule has 0 aliphatic heterocycles. The summed E-state index contributed by atoms with van der Waals surface area (Å²) in [6.45, 7) is 4.29. The number of rotatable bonds is 9. The zero-order chi connectivity index (χ0) is 14.2. The summed E-state index contributed by atoms with van der Waals surface area (Å²) in [7, 11) is -3.90. The van der Waals surface area contributed by atoms with E-state index < -0.39 is 20.2 Å². The monoisotopic (exact) mass is 285 g/mol. The molecule has 0 aromatic heterocycles. The zero-order valence-corrected chi connectivity index (χ0v) is 11.6. The Kier molecular flexibility index (Phi) is 8.34. The van der Waals surface area contributed by atoms with E-state index >= 15 is 0 Å². The van der Waals surface area contributed by atoms with Crippen molar-refractivity contribution in [2.45, 2.75) is 33.2 Å². The minimum absolute atomic E-state index is 0.0613. The SMILES string of the molecule is CCOP(=O)(OCC)O[C@@H](O)[C@H](O)CNC(C)=O. The molecule has 1 amide bonds. The number of amides is 1. The first-order valence-corrected chi connectivity index (χ1v) is 6.98. The van der Waals surface area contributed by atoms with Crippen molar-refractivity contribution >= 4 is 13.7 Å². The predicted molar refractivity (Wildman–Crippen MR) is 62.6 cm³/mol. The summed E-state index contributed by atoms with van der Waals surface area (Å²) in [6.07, 6.45) is -3.23. The molecule has 0 bridgehead atoms. The lowest BCUT2D eigenvalue weighted by molar-refractivity contribution is -0.127. The molecule has 0 spiro atoms. The van der Waals surface area contributed by atoms with E-state index in [2.05, 4.69) is 9.84 Å². The molecule has 3 N–H and O–H groups in total. The van der Waals surface area contributed by atoms with E-state index in [1.807, 2.05) is 0 Å². The molecule has 0 aromatic carbocycles. The molecular formula is C9H20NO7P. The predicted octanol–water partition coefficient (Wildman–Crippen LogP) is -0.000500. The molecule has 8 nitrogen and oxygen atoms in total. The van der Waals surface area contributed by atoms with Crippen LogP contribution in [0.5, 0.6) is 0 Å². The molecule has 2 atom stereocenters. The molecule has 0 aliphatic carbocycles. The van der Waals surface area contributed by atoms with Gasteiger partial charge in [0.25, 0.3) is 0 Å². The highest BCUT2D eigenvalue weighted by atomic mass is 31.2. The number of carbonyl (C=O) groups is 1. The Labute approximate surface area is 106 Å². The van der Waals surface area contributed by atoms with Crippen LogP contribution in [0.2, 0.25) is 0 Å². The van der Waals surface area contributed by atoms with E-state index in [-0.39, 0.29) is 25.7 Å². The number of aliphatic hydroxyl groups is 2. The van der Waals surface area contributed by atoms with Crippen LogP contribution < -0.4 is 5.32 Å². The Hall–Kier alpha value is -0.500. The van der Waals surface area contributed by atoms with E-state index in [0.29, 0.717) is 0 Å². The highest BCUT2D eigenvalue weighted by Gasteiger charge is 2.32. The second kappa shape index (κ2) is 8.58. The van der Waals surface area contributed by atoms with Crippen molar-refractivity contribution in [3.8, 4) is 0 Å². The van der Waals surface area contributed by atoms with Crippen LogP contribution in [-0.2, 0) is 22.9 Å². The third-order valence-electron chi connectivity index (χ3n) is 1.70. The number of hydrogen-bond donors (Lipinski definition) is 3. The molecule has 0 unspecified atom stereocenters. The quantitative estimate of drug-likeness (QED) is 0.403. The second-order valence-corrected chi connectivity index (χ2v) is 4.90. The van der Waals surface area contributed by atoms with E-state index in [9.17, 15) is 19.6 Å².